The number of phenols is 1. The zero-order chi connectivity index (χ0) is 67.1. The first kappa shape index (κ1) is 75.7. The second-order valence-corrected chi connectivity index (χ2v) is 27.1. The number of pyridine rings is 1. The molecular weight excluding hydrogens is 1150 g/mol. The Hall–Kier alpha value is -5.97. The highest BCUT2D eigenvalue weighted by Crippen LogP contribution is 2.41. The molecule has 4 aliphatic rings. The maximum Gasteiger partial charge on any atom is 0.318 e. The fourth-order valence-electron chi connectivity index (χ4n) is 13.9. The molecule has 6 atom stereocenters. The Bertz CT molecular complexity index is 3130. The highest BCUT2D eigenvalue weighted by Gasteiger charge is 2.36. The standard InChI is InChI=1S/C28H48N2O.C26H26F2N4O2.C10H18O2.C9H17NO.C2H4O/c1-8-16-28(6,17-13-22(4)9-2)21-30-18-14-24(15-19-30)25-12-11-23(5)26(20-25)29(7)27(31)10-3;1-4-17-20(27)8-7-15-10-16(33)11-18(21(15)17)23-22(28)24-19(12-29-23)25(31-26(30-24)34-3)32-9-5-6-14(2)13-32;1-7(2)10(12)8(3)5-6-9(4)11;1-11-7-9-5-4-8-3-2-6-10(8)9;1-2-3/h11-12,20,22,24H,8-10,13-19,21H2,1-7H3;7-8,10-12,14,33H,4-6,9,13H2,1-3H3;7-8H,5-6H2,1-4H3;8-9H,2-7H2,1H3;2H,1H3. The average molecular weight is 1260 g/mol. The number of ketones is 2. The Morgan fingerprint density at radius 1 is 0.890 bits per heavy atom. The number of carbonyl (C=O) groups is 4. The number of rotatable bonds is 22. The van der Waals surface area contributed by atoms with E-state index in [4.69, 9.17) is 14.3 Å². The van der Waals surface area contributed by atoms with Crippen LogP contribution in [0.4, 0.5) is 20.3 Å². The Labute approximate surface area is 545 Å². The van der Waals surface area contributed by atoms with Gasteiger partial charge in [0, 0.05) is 88.0 Å². The summed E-state index contributed by atoms with van der Waals surface area (Å²) in [4.78, 5) is 65.6. The van der Waals surface area contributed by atoms with Gasteiger partial charge < -0.3 is 38.9 Å². The molecule has 0 saturated carbocycles. The van der Waals surface area contributed by atoms with Gasteiger partial charge in [-0.2, -0.15) is 9.97 Å². The van der Waals surface area contributed by atoms with E-state index in [1.54, 1.807) is 19.2 Å². The van der Waals surface area contributed by atoms with E-state index >= 15 is 4.39 Å². The predicted molar refractivity (Wildman–Crippen MR) is 369 cm³/mol. The number of aldehydes is 1. The molecule has 16 heteroatoms. The number of hydrogen-bond acceptors (Lipinski definition) is 13. The molecule has 3 aromatic carbocycles. The third kappa shape index (κ3) is 21.3. The summed E-state index contributed by atoms with van der Waals surface area (Å²) in [6.07, 6.45) is 21.3. The van der Waals surface area contributed by atoms with Gasteiger partial charge in [0.25, 0.3) is 0 Å². The van der Waals surface area contributed by atoms with Gasteiger partial charge in [-0.1, -0.05) is 107 Å². The number of phenolic OH excluding ortho intramolecular Hbond substituents is 1. The molecule has 0 spiro atoms. The number of methoxy groups -OCH3 is 2. The van der Waals surface area contributed by atoms with Crippen molar-refractivity contribution in [1.29, 1.82) is 0 Å². The first-order chi connectivity index (χ1) is 43.4. The molecule has 14 nitrogen and oxygen atoms in total. The van der Waals surface area contributed by atoms with Gasteiger partial charge in [0.2, 0.25) is 5.91 Å². The lowest BCUT2D eigenvalue weighted by Gasteiger charge is -2.40. The smallest absolute Gasteiger partial charge is 0.318 e. The number of likely N-dealkylation sites (tertiary alicyclic amines) is 1. The van der Waals surface area contributed by atoms with Crippen molar-refractivity contribution in [3.63, 3.8) is 0 Å². The molecule has 91 heavy (non-hydrogen) atoms. The van der Waals surface area contributed by atoms with Crippen LogP contribution in [0.1, 0.15) is 208 Å². The van der Waals surface area contributed by atoms with E-state index in [-0.39, 0.29) is 58.1 Å². The zero-order valence-electron chi connectivity index (χ0n) is 58.5. The Balaban J connectivity index is 0.000000239. The van der Waals surface area contributed by atoms with Gasteiger partial charge in [0.1, 0.15) is 46.4 Å². The largest absolute Gasteiger partial charge is 0.508 e. The van der Waals surface area contributed by atoms with Crippen LogP contribution in [0.3, 0.4) is 0 Å². The minimum atomic E-state index is -0.664. The zero-order valence-corrected chi connectivity index (χ0v) is 58.5. The monoisotopic (exact) mass is 1260 g/mol. The number of ether oxygens (including phenoxy) is 2. The number of piperidine rings is 2. The van der Waals surface area contributed by atoms with Crippen molar-refractivity contribution in [1.82, 2.24) is 24.8 Å². The van der Waals surface area contributed by atoms with E-state index in [0.29, 0.717) is 76.0 Å². The number of aryl methyl sites for hydroxylation is 2. The fourth-order valence-corrected chi connectivity index (χ4v) is 13.9. The van der Waals surface area contributed by atoms with E-state index in [9.17, 15) is 23.9 Å². The number of amides is 1. The number of nitrogens with zero attached hydrogens (tertiary/aromatic N) is 7. The van der Waals surface area contributed by atoms with Crippen molar-refractivity contribution in [2.75, 3.05) is 76.9 Å². The maximum absolute atomic E-state index is 16.1. The number of carbonyl (C=O) groups excluding carboxylic acids is 4. The Morgan fingerprint density at radius 2 is 1.59 bits per heavy atom. The van der Waals surface area contributed by atoms with E-state index in [1.165, 1.54) is 140 Å². The van der Waals surface area contributed by atoms with Crippen molar-refractivity contribution in [3.8, 4) is 23.0 Å². The van der Waals surface area contributed by atoms with Crippen molar-refractivity contribution >= 4 is 56.9 Å². The summed E-state index contributed by atoms with van der Waals surface area (Å²) in [7, 11) is 5.17. The van der Waals surface area contributed by atoms with Crippen LogP contribution in [0.25, 0.3) is 32.9 Å². The molecule has 0 radical (unpaired) electrons. The van der Waals surface area contributed by atoms with Crippen LogP contribution >= 0.6 is 0 Å². The number of Topliss-reactive ketones (excluding diaryl/α,β-unsaturated/α-hetero) is 2. The SMILES string of the molecule is CC(=O)CCC(C)C(=O)C(C)C.CC=O.CCCC(C)(CCC(C)CC)CN1CCC(c2ccc(C)c(N(C)C(=O)CC)c2)CC1.CCc1c(F)ccc2cc(O)cc(-c3ncc4c(N5CCCC(C)C5)nc(OC)nc4c3F)c12.COCC1CCC2CCCN21. The molecule has 0 aliphatic carbocycles. The van der Waals surface area contributed by atoms with Crippen molar-refractivity contribution < 1.29 is 42.5 Å². The number of anilines is 2. The Kier molecular flexibility index (Phi) is 30.8. The third-order valence-electron chi connectivity index (χ3n) is 19.3. The van der Waals surface area contributed by atoms with Gasteiger partial charge in [-0.05, 0) is 192 Å². The Morgan fingerprint density at radius 3 is 2.21 bits per heavy atom. The molecule has 6 heterocycles. The molecule has 504 valence electrons. The maximum atomic E-state index is 16.1. The molecule has 0 bridgehead atoms. The summed E-state index contributed by atoms with van der Waals surface area (Å²) >= 11 is 0. The normalized spacial score (nSPS) is 18.9. The second kappa shape index (κ2) is 37.1. The van der Waals surface area contributed by atoms with E-state index < -0.39 is 5.82 Å². The van der Waals surface area contributed by atoms with Crippen LogP contribution in [0.2, 0.25) is 0 Å². The molecular formula is C75H113F2N7O7. The second-order valence-electron chi connectivity index (χ2n) is 27.1. The summed E-state index contributed by atoms with van der Waals surface area (Å²) in [5, 5.41) is 12.0. The first-order valence-electron chi connectivity index (χ1n) is 34.3. The van der Waals surface area contributed by atoms with Gasteiger partial charge in [-0.25, -0.2) is 8.78 Å². The molecule has 2 aromatic heterocycles. The predicted octanol–water partition coefficient (Wildman–Crippen LogP) is 16.5. The number of benzene rings is 3. The lowest BCUT2D eigenvalue weighted by molar-refractivity contribution is -0.126. The fraction of sp³-hybridized carbons (Fsp3) is 0.640. The topological polar surface area (TPSA) is 159 Å². The van der Waals surface area contributed by atoms with Crippen LogP contribution in [0.15, 0.2) is 48.7 Å². The summed E-state index contributed by atoms with van der Waals surface area (Å²) in [6, 6.07) is 14.4. The number of fused-ring (bicyclic) bond motifs is 3. The molecule has 4 fully saturated rings. The summed E-state index contributed by atoms with van der Waals surface area (Å²) in [6.45, 7) is 33.8. The van der Waals surface area contributed by atoms with Gasteiger partial charge in [-0.15, -0.1) is 0 Å². The van der Waals surface area contributed by atoms with Gasteiger partial charge >= 0.3 is 6.01 Å². The van der Waals surface area contributed by atoms with Crippen LogP contribution in [0, 0.1) is 47.6 Å². The average Bonchev–Trinajstić information content (AvgIpc) is 1.35. The van der Waals surface area contributed by atoms with Gasteiger partial charge in [0.05, 0.1) is 19.1 Å². The van der Waals surface area contributed by atoms with Crippen molar-refractivity contribution in [2.45, 2.75) is 217 Å². The van der Waals surface area contributed by atoms with E-state index in [1.807, 2.05) is 53.7 Å². The molecule has 9 rings (SSSR count). The van der Waals surface area contributed by atoms with Crippen LogP contribution in [0.5, 0.6) is 11.8 Å². The van der Waals surface area contributed by atoms with Crippen LogP contribution in [-0.2, 0) is 30.3 Å². The molecule has 4 aliphatic heterocycles. The van der Waals surface area contributed by atoms with E-state index in [2.05, 4.69) is 89.4 Å². The first-order valence-corrected chi connectivity index (χ1v) is 34.3. The molecule has 1 N–H and O–H groups in total. The molecule has 6 unspecified atom stereocenters. The highest BCUT2D eigenvalue weighted by molar-refractivity contribution is 6.02. The number of aromatic hydroxyl groups is 1. The minimum absolute atomic E-state index is 0.00702. The minimum Gasteiger partial charge on any atom is -0.508 e. The lowest BCUT2D eigenvalue weighted by atomic mass is 9.78. The van der Waals surface area contributed by atoms with Gasteiger partial charge in [-0.3, -0.25) is 19.5 Å². The third-order valence-corrected chi connectivity index (χ3v) is 19.3. The molecule has 1 amide bonds. The number of halogens is 2. The number of hydrogen-bond donors (Lipinski definition) is 1. The van der Waals surface area contributed by atoms with E-state index in [0.717, 1.165) is 62.5 Å². The quantitative estimate of drug-likeness (QED) is 0.0653. The van der Waals surface area contributed by atoms with Gasteiger partial charge in [0.15, 0.2) is 5.82 Å². The molecule has 4 saturated heterocycles. The lowest BCUT2D eigenvalue weighted by Crippen LogP contribution is -2.41. The van der Waals surface area contributed by atoms with Crippen molar-refractivity contribution in [3.05, 3.63) is 77.0 Å². The van der Waals surface area contributed by atoms with Crippen LogP contribution < -0.4 is 14.5 Å². The highest BCUT2D eigenvalue weighted by atomic mass is 19.1. The van der Waals surface area contributed by atoms with Crippen LogP contribution in [-0.4, -0.2) is 133 Å². The number of aromatic nitrogens is 3. The molecule has 5 aromatic rings. The summed E-state index contributed by atoms with van der Waals surface area (Å²) < 4.78 is 41.2. The van der Waals surface area contributed by atoms with Crippen molar-refractivity contribution in [2.24, 2.45) is 29.1 Å². The summed E-state index contributed by atoms with van der Waals surface area (Å²) in [5.74, 6) is 2.17. The summed E-state index contributed by atoms with van der Waals surface area (Å²) in [5.41, 5.74) is 4.95.